The number of carboxylic acid groups (broad SMARTS) is 3. The molecule has 0 unspecified atom stereocenters. The number of aromatic nitrogens is 1. The van der Waals surface area contributed by atoms with Gasteiger partial charge in [0.25, 0.3) is 11.8 Å². The first-order chi connectivity index (χ1) is 33.6. The van der Waals surface area contributed by atoms with Crippen molar-refractivity contribution in [2.75, 3.05) is 131 Å². The van der Waals surface area contributed by atoms with Gasteiger partial charge >= 0.3 is 17.9 Å². The number of benzene rings is 2. The van der Waals surface area contributed by atoms with Crippen molar-refractivity contribution < 1.29 is 67.1 Å². The molecule has 0 bridgehead atoms. The average molecular weight is 980 g/mol. The minimum atomic E-state index is -3.16. The minimum absolute atomic E-state index is 0.00363. The van der Waals surface area contributed by atoms with Crippen LogP contribution in [-0.4, -0.2) is 224 Å². The van der Waals surface area contributed by atoms with E-state index >= 15 is 0 Å². The van der Waals surface area contributed by atoms with Gasteiger partial charge in [0, 0.05) is 76.9 Å². The summed E-state index contributed by atoms with van der Waals surface area (Å²) in [5.74, 6) is -7.23. The third kappa shape index (κ3) is 18.7. The largest absolute Gasteiger partial charge is 0.491 e. The SMILES string of the molecule is N#C[C@@H]1CC(F)(F)CN1C(=O)CNC(=O)c1ccnc2cc(/C=C/c3ccc(OCCOCCOCCNC(=O)CN4CCN(CC(=O)O)CCN(CC(=O)O)CCN(CC(=O)O)CC4)cc3)ccc12. The zero-order valence-corrected chi connectivity index (χ0v) is 38.7. The zero-order chi connectivity index (χ0) is 50.5. The summed E-state index contributed by atoms with van der Waals surface area (Å²) in [6.45, 7) is 1.94. The molecule has 23 heteroatoms. The van der Waals surface area contributed by atoms with Crippen LogP contribution in [0.15, 0.2) is 54.7 Å². The molecule has 3 aromatic rings. The van der Waals surface area contributed by atoms with Gasteiger partial charge in [-0.1, -0.05) is 36.4 Å². The second kappa shape index (κ2) is 27.5. The highest BCUT2D eigenvalue weighted by Crippen LogP contribution is 2.31. The van der Waals surface area contributed by atoms with Gasteiger partial charge in [-0.2, -0.15) is 5.26 Å². The molecule has 5 N–H and O–H groups in total. The van der Waals surface area contributed by atoms with E-state index in [9.17, 15) is 58.1 Å². The first-order valence-corrected chi connectivity index (χ1v) is 22.7. The van der Waals surface area contributed by atoms with Crippen molar-refractivity contribution in [2.24, 2.45) is 0 Å². The van der Waals surface area contributed by atoms with Crippen LogP contribution in [0.2, 0.25) is 0 Å². The number of hydrogen-bond acceptors (Lipinski definition) is 15. The molecule has 2 aromatic carbocycles. The molecular formula is C47H59F2N9O12. The van der Waals surface area contributed by atoms with Gasteiger partial charge in [-0.3, -0.25) is 53.4 Å². The predicted octanol–water partition coefficient (Wildman–Crippen LogP) is 0.898. The third-order valence-corrected chi connectivity index (χ3v) is 11.3. The van der Waals surface area contributed by atoms with E-state index in [0.717, 1.165) is 16.0 Å². The number of ether oxygens (including phenoxy) is 3. The lowest BCUT2D eigenvalue weighted by Crippen LogP contribution is -2.50. The normalized spacial score (nSPS) is 17.6. The molecule has 5 rings (SSSR count). The first-order valence-electron chi connectivity index (χ1n) is 22.7. The minimum Gasteiger partial charge on any atom is -0.491 e. The maximum absolute atomic E-state index is 13.8. The molecule has 2 saturated heterocycles. The molecule has 2 fully saturated rings. The van der Waals surface area contributed by atoms with Crippen molar-refractivity contribution >= 4 is 58.7 Å². The van der Waals surface area contributed by atoms with E-state index in [4.69, 9.17) is 14.2 Å². The Kier molecular flexibility index (Phi) is 21.3. The molecule has 1 atom stereocenters. The fraction of sp³-hybridized carbons (Fsp3) is 0.489. The number of carboxylic acids is 3. The van der Waals surface area contributed by atoms with Gasteiger partial charge in [0.15, 0.2) is 0 Å². The Morgan fingerprint density at radius 1 is 0.714 bits per heavy atom. The van der Waals surface area contributed by atoms with E-state index in [-0.39, 0.29) is 83.6 Å². The summed E-state index contributed by atoms with van der Waals surface area (Å²) in [4.78, 5) is 84.9. The van der Waals surface area contributed by atoms with E-state index < -0.39 is 61.2 Å². The van der Waals surface area contributed by atoms with E-state index in [0.29, 0.717) is 62.7 Å². The van der Waals surface area contributed by atoms with Crippen molar-refractivity contribution in [2.45, 2.75) is 18.4 Å². The number of halogens is 2. The second-order valence-corrected chi connectivity index (χ2v) is 16.7. The van der Waals surface area contributed by atoms with Crippen LogP contribution in [-0.2, 0) is 33.4 Å². The van der Waals surface area contributed by atoms with Gasteiger partial charge in [-0.15, -0.1) is 0 Å². The van der Waals surface area contributed by atoms with Gasteiger partial charge in [-0.25, -0.2) is 8.78 Å². The Bertz CT molecular complexity index is 2300. The smallest absolute Gasteiger partial charge is 0.317 e. The van der Waals surface area contributed by atoms with Gasteiger partial charge in [-0.05, 0) is 35.4 Å². The highest BCUT2D eigenvalue weighted by molar-refractivity contribution is 6.07. The number of aliphatic carboxylic acids is 3. The number of amides is 3. The predicted molar refractivity (Wildman–Crippen MR) is 249 cm³/mol. The van der Waals surface area contributed by atoms with Crippen LogP contribution in [0.3, 0.4) is 0 Å². The van der Waals surface area contributed by atoms with Crippen LogP contribution in [0.1, 0.15) is 27.9 Å². The molecule has 0 saturated carbocycles. The summed E-state index contributed by atoms with van der Waals surface area (Å²) in [5, 5.41) is 43.2. The molecule has 0 spiro atoms. The van der Waals surface area contributed by atoms with E-state index in [1.165, 1.54) is 12.3 Å². The Morgan fingerprint density at radius 2 is 1.24 bits per heavy atom. The molecular weight excluding hydrogens is 921 g/mol. The van der Waals surface area contributed by atoms with Crippen LogP contribution >= 0.6 is 0 Å². The number of rotatable bonds is 23. The summed E-state index contributed by atoms with van der Waals surface area (Å²) < 4.78 is 44.5. The summed E-state index contributed by atoms with van der Waals surface area (Å²) >= 11 is 0. The molecule has 2 aliphatic rings. The summed E-state index contributed by atoms with van der Waals surface area (Å²) in [7, 11) is 0. The fourth-order valence-electron chi connectivity index (χ4n) is 7.73. The molecule has 21 nitrogen and oxygen atoms in total. The van der Waals surface area contributed by atoms with Crippen molar-refractivity contribution in [1.82, 2.24) is 40.1 Å². The summed E-state index contributed by atoms with van der Waals surface area (Å²) in [6.07, 6.45) is 4.51. The molecule has 378 valence electrons. The van der Waals surface area contributed by atoms with E-state index in [2.05, 4.69) is 15.6 Å². The van der Waals surface area contributed by atoms with E-state index in [1.54, 1.807) is 32.9 Å². The number of alkyl halides is 2. The number of carbonyl (C=O) groups excluding carboxylic acids is 3. The molecule has 0 radical (unpaired) electrons. The highest BCUT2D eigenvalue weighted by atomic mass is 19.3. The topological polar surface area (TPSA) is 268 Å². The number of nitrogens with one attached hydrogen (secondary N) is 2. The molecule has 2 aliphatic heterocycles. The second-order valence-electron chi connectivity index (χ2n) is 16.7. The molecule has 3 heterocycles. The first kappa shape index (κ1) is 54.3. The van der Waals surface area contributed by atoms with Crippen molar-refractivity contribution in [3.8, 4) is 11.8 Å². The monoisotopic (exact) mass is 979 g/mol. The fourth-order valence-corrected chi connectivity index (χ4v) is 7.73. The van der Waals surface area contributed by atoms with Gasteiger partial charge in [0.05, 0.1) is 82.8 Å². The van der Waals surface area contributed by atoms with Crippen LogP contribution in [0.25, 0.3) is 23.1 Å². The van der Waals surface area contributed by atoms with Gasteiger partial charge in [0.1, 0.15) is 18.4 Å². The Hall–Kier alpha value is -6.68. The highest BCUT2D eigenvalue weighted by Gasteiger charge is 2.47. The summed E-state index contributed by atoms with van der Waals surface area (Å²) in [6, 6.07) is 14.7. The van der Waals surface area contributed by atoms with Gasteiger partial charge < -0.3 is 45.1 Å². The summed E-state index contributed by atoms with van der Waals surface area (Å²) in [5.41, 5.74) is 2.49. The van der Waals surface area contributed by atoms with Crippen molar-refractivity contribution in [3.05, 3.63) is 71.4 Å². The Morgan fingerprint density at radius 3 is 1.81 bits per heavy atom. The van der Waals surface area contributed by atoms with Crippen molar-refractivity contribution in [1.29, 1.82) is 5.26 Å². The number of fused-ring (bicyclic) bond motifs is 1. The number of nitriles is 1. The maximum Gasteiger partial charge on any atom is 0.317 e. The van der Waals surface area contributed by atoms with Gasteiger partial charge in [0.2, 0.25) is 11.8 Å². The zero-order valence-electron chi connectivity index (χ0n) is 38.7. The number of hydrogen-bond donors (Lipinski definition) is 5. The average Bonchev–Trinajstić information content (AvgIpc) is 3.65. The van der Waals surface area contributed by atoms with Crippen LogP contribution in [0.4, 0.5) is 8.78 Å². The van der Waals surface area contributed by atoms with Crippen molar-refractivity contribution in [3.63, 3.8) is 0 Å². The number of likely N-dealkylation sites (tertiary alicyclic amines) is 1. The number of carbonyl (C=O) groups is 6. The third-order valence-electron chi connectivity index (χ3n) is 11.3. The molecule has 0 aliphatic carbocycles. The molecule has 3 amide bonds. The molecule has 70 heavy (non-hydrogen) atoms. The van der Waals surface area contributed by atoms with Crippen LogP contribution < -0.4 is 15.4 Å². The number of nitrogens with zero attached hydrogens (tertiary/aromatic N) is 7. The lowest BCUT2D eigenvalue weighted by atomic mass is 10.0. The Labute approximate surface area is 403 Å². The molecule has 1 aromatic heterocycles. The lowest BCUT2D eigenvalue weighted by Gasteiger charge is -2.32. The maximum atomic E-state index is 13.8. The standard InChI is InChI=1S/C47H59F2N9O12/c48-47(49)26-36(27-50)58(33-47)42(60)28-53-46(67)39-9-10-51-40-25-35(5-8-38(39)40)2-1-34-3-6-37(7-4-34)70-24-23-69-22-21-68-20-11-52-41(59)29-54-12-14-55(30-43(61)62)16-18-57(32-45(65)66)19-17-56(15-13-54)31-44(63)64/h1-10,25,36H,11-24,26,28-33H2,(H,52,59)(H,53,67)(H,61,62)(H,63,64)(H,65,66)/b2-1+/t36-/m0/s1. The number of pyridine rings is 1. The lowest BCUT2D eigenvalue weighted by molar-refractivity contribution is -0.140. The van der Waals surface area contributed by atoms with Crippen LogP contribution in [0, 0.1) is 11.3 Å². The van der Waals surface area contributed by atoms with E-state index in [1.807, 2.05) is 47.4 Å². The Balaban J connectivity index is 0.961. The quantitative estimate of drug-likeness (QED) is 0.0653. The van der Waals surface area contributed by atoms with Crippen LogP contribution in [0.5, 0.6) is 5.75 Å².